The first-order chi connectivity index (χ1) is 18.4. The number of hydrogen-bond acceptors (Lipinski definition) is 5. The van der Waals surface area contributed by atoms with Gasteiger partial charge >= 0.3 is 6.03 Å². The van der Waals surface area contributed by atoms with E-state index >= 15 is 0 Å². The number of halogens is 1. The van der Waals surface area contributed by atoms with Crippen molar-refractivity contribution >= 4 is 34.1 Å². The van der Waals surface area contributed by atoms with Gasteiger partial charge in [0.25, 0.3) is 5.91 Å². The van der Waals surface area contributed by atoms with Gasteiger partial charge in [-0.15, -0.1) is 0 Å². The third kappa shape index (κ3) is 5.65. The van der Waals surface area contributed by atoms with Crippen molar-refractivity contribution < 1.29 is 18.7 Å². The SMILES string of the molecule is CN(C)C(=O)NC1C=C(c2ccc3[nH]cc(C(=O)Nc4ccc(Oc5cccc(F)c5)nc4)c3c2)CNC1. The van der Waals surface area contributed by atoms with Crippen molar-refractivity contribution in [1.82, 2.24) is 25.5 Å². The number of fused-ring (bicyclic) bond motifs is 1. The summed E-state index contributed by atoms with van der Waals surface area (Å²) in [7, 11) is 3.40. The second-order valence-corrected chi connectivity index (χ2v) is 9.13. The number of nitrogens with one attached hydrogen (secondary N) is 4. The molecule has 2 aromatic carbocycles. The van der Waals surface area contributed by atoms with Crippen LogP contribution in [0, 0.1) is 5.82 Å². The molecule has 3 heterocycles. The summed E-state index contributed by atoms with van der Waals surface area (Å²) < 4.78 is 18.9. The molecular formula is C28H27FN6O3. The molecule has 10 heteroatoms. The Hall–Kier alpha value is -4.70. The molecule has 2 aromatic heterocycles. The molecule has 0 bridgehead atoms. The summed E-state index contributed by atoms with van der Waals surface area (Å²) in [5, 5.41) is 9.95. The van der Waals surface area contributed by atoms with E-state index in [1.54, 1.807) is 44.6 Å². The van der Waals surface area contributed by atoms with Crippen molar-refractivity contribution in [1.29, 1.82) is 0 Å². The van der Waals surface area contributed by atoms with Crippen LogP contribution in [0.4, 0.5) is 14.9 Å². The Labute approximate surface area is 218 Å². The van der Waals surface area contributed by atoms with E-state index in [2.05, 4.69) is 25.9 Å². The minimum Gasteiger partial charge on any atom is -0.439 e. The Kier molecular flexibility index (Phi) is 7.05. The zero-order valence-electron chi connectivity index (χ0n) is 20.9. The number of anilines is 1. The van der Waals surface area contributed by atoms with Crippen molar-refractivity contribution in [2.75, 3.05) is 32.5 Å². The van der Waals surface area contributed by atoms with Crippen LogP contribution >= 0.6 is 0 Å². The van der Waals surface area contributed by atoms with Crippen molar-refractivity contribution in [3.05, 3.63) is 90.0 Å². The molecule has 0 aliphatic carbocycles. The molecule has 0 spiro atoms. The standard InChI is InChI=1S/C28H27FN6O3/c1-35(2)28(37)34-21-10-18(13-30-14-21)17-6-8-25-23(11-17)24(16-31-25)27(36)33-20-7-9-26(32-15-20)38-22-5-3-4-19(29)12-22/h3-12,15-16,21,30-31H,13-14H2,1-2H3,(H,33,36)(H,34,37). The summed E-state index contributed by atoms with van der Waals surface area (Å²) in [5.41, 5.74) is 3.81. The normalized spacial score (nSPS) is 15.0. The quantitative estimate of drug-likeness (QED) is 0.305. The molecule has 0 fully saturated rings. The average molecular weight is 515 g/mol. The van der Waals surface area contributed by atoms with Crippen molar-refractivity contribution in [3.63, 3.8) is 0 Å². The molecule has 194 valence electrons. The van der Waals surface area contributed by atoms with E-state index in [1.807, 2.05) is 24.3 Å². The van der Waals surface area contributed by atoms with Crippen molar-refractivity contribution in [2.24, 2.45) is 0 Å². The van der Waals surface area contributed by atoms with E-state index < -0.39 is 5.82 Å². The molecule has 0 radical (unpaired) electrons. The summed E-state index contributed by atoms with van der Waals surface area (Å²) in [6.07, 6.45) is 5.20. The van der Waals surface area contributed by atoms with Gasteiger partial charge in [0.05, 0.1) is 23.5 Å². The highest BCUT2D eigenvalue weighted by atomic mass is 19.1. The predicted octanol–water partition coefficient (Wildman–Crippen LogP) is 4.37. The van der Waals surface area contributed by atoms with Crippen LogP contribution in [0.5, 0.6) is 11.6 Å². The lowest BCUT2D eigenvalue weighted by molar-refractivity contribution is 0.102. The molecule has 4 N–H and O–H groups in total. The maximum absolute atomic E-state index is 13.4. The maximum Gasteiger partial charge on any atom is 0.317 e. The van der Waals surface area contributed by atoms with Crippen LogP contribution in [0.2, 0.25) is 0 Å². The zero-order chi connectivity index (χ0) is 26.6. The smallest absolute Gasteiger partial charge is 0.317 e. The number of pyridine rings is 1. The number of carbonyl (C=O) groups is 2. The first-order valence-corrected chi connectivity index (χ1v) is 12.1. The molecule has 0 saturated heterocycles. The molecule has 1 unspecified atom stereocenters. The van der Waals surface area contributed by atoms with Crippen molar-refractivity contribution in [3.8, 4) is 11.6 Å². The Balaban J connectivity index is 1.31. The monoisotopic (exact) mass is 514 g/mol. The Bertz CT molecular complexity index is 1510. The molecular weight excluding hydrogens is 487 g/mol. The van der Waals surface area contributed by atoms with Crippen LogP contribution in [0.15, 0.2) is 73.1 Å². The van der Waals surface area contributed by atoms with Crippen LogP contribution in [0.1, 0.15) is 15.9 Å². The number of hydrogen-bond donors (Lipinski definition) is 4. The summed E-state index contributed by atoms with van der Waals surface area (Å²) in [5.74, 6) is -0.0839. The zero-order valence-corrected chi connectivity index (χ0v) is 20.9. The number of nitrogens with zero attached hydrogens (tertiary/aromatic N) is 2. The van der Waals surface area contributed by atoms with Gasteiger partial charge in [-0.25, -0.2) is 14.2 Å². The summed E-state index contributed by atoms with van der Waals surface area (Å²) in [6.45, 7) is 1.30. The van der Waals surface area contributed by atoms with Gasteiger partial charge in [-0.2, -0.15) is 0 Å². The van der Waals surface area contributed by atoms with E-state index in [0.29, 0.717) is 30.1 Å². The van der Waals surface area contributed by atoms with Gasteiger partial charge in [0, 0.05) is 56.4 Å². The Morgan fingerprint density at radius 3 is 2.76 bits per heavy atom. The summed E-state index contributed by atoms with van der Waals surface area (Å²) >= 11 is 0. The second-order valence-electron chi connectivity index (χ2n) is 9.13. The number of benzene rings is 2. The van der Waals surface area contributed by atoms with Gasteiger partial charge in [0.15, 0.2) is 0 Å². The molecule has 9 nitrogen and oxygen atoms in total. The number of aromatic nitrogens is 2. The molecule has 1 aliphatic heterocycles. The first-order valence-electron chi connectivity index (χ1n) is 12.1. The summed E-state index contributed by atoms with van der Waals surface area (Å²) in [4.78, 5) is 34.0. The fraction of sp³-hybridized carbons (Fsp3) is 0.179. The highest BCUT2D eigenvalue weighted by Crippen LogP contribution is 2.26. The Morgan fingerprint density at radius 1 is 1.13 bits per heavy atom. The molecule has 1 atom stereocenters. The predicted molar refractivity (Wildman–Crippen MR) is 144 cm³/mol. The van der Waals surface area contributed by atoms with E-state index in [0.717, 1.165) is 22.0 Å². The fourth-order valence-corrected chi connectivity index (χ4v) is 4.17. The van der Waals surface area contributed by atoms with Crippen LogP contribution in [0.3, 0.4) is 0 Å². The van der Waals surface area contributed by atoms with E-state index in [1.165, 1.54) is 23.2 Å². The number of carbonyl (C=O) groups excluding carboxylic acids is 2. The molecule has 3 amide bonds. The third-order valence-electron chi connectivity index (χ3n) is 6.11. The molecule has 4 aromatic rings. The number of ether oxygens (including phenoxy) is 1. The van der Waals surface area contributed by atoms with Gasteiger partial charge in [-0.05, 0) is 41.5 Å². The Morgan fingerprint density at radius 2 is 2.00 bits per heavy atom. The number of H-pyrrole nitrogens is 1. The van der Waals surface area contributed by atoms with Gasteiger partial charge < -0.3 is 30.6 Å². The number of amides is 3. The second kappa shape index (κ2) is 10.7. The average Bonchev–Trinajstić information content (AvgIpc) is 3.33. The largest absolute Gasteiger partial charge is 0.439 e. The third-order valence-corrected chi connectivity index (χ3v) is 6.11. The van der Waals surface area contributed by atoms with Crippen molar-refractivity contribution in [2.45, 2.75) is 6.04 Å². The van der Waals surface area contributed by atoms with Crippen LogP contribution in [-0.4, -0.2) is 60.0 Å². The highest BCUT2D eigenvalue weighted by molar-refractivity contribution is 6.13. The minimum atomic E-state index is -0.403. The number of aromatic amines is 1. The first kappa shape index (κ1) is 25.0. The fourth-order valence-electron chi connectivity index (χ4n) is 4.17. The van der Waals surface area contributed by atoms with Gasteiger partial charge in [-0.1, -0.05) is 18.2 Å². The van der Waals surface area contributed by atoms with Crippen LogP contribution < -0.4 is 20.7 Å². The summed E-state index contributed by atoms with van der Waals surface area (Å²) in [6, 6.07) is 14.6. The van der Waals surface area contributed by atoms with Gasteiger partial charge in [0.1, 0.15) is 11.6 Å². The minimum absolute atomic E-state index is 0.140. The van der Waals surface area contributed by atoms with Gasteiger partial charge in [-0.3, -0.25) is 4.79 Å². The number of rotatable bonds is 6. The molecule has 5 rings (SSSR count). The maximum atomic E-state index is 13.4. The highest BCUT2D eigenvalue weighted by Gasteiger charge is 2.19. The lowest BCUT2D eigenvalue weighted by atomic mass is 9.98. The van der Waals surface area contributed by atoms with E-state index in [4.69, 9.17) is 4.74 Å². The van der Waals surface area contributed by atoms with E-state index in [-0.39, 0.29) is 23.9 Å². The molecule has 0 saturated carbocycles. The lowest BCUT2D eigenvalue weighted by Crippen LogP contribution is -2.47. The molecule has 38 heavy (non-hydrogen) atoms. The number of urea groups is 1. The van der Waals surface area contributed by atoms with E-state index in [9.17, 15) is 14.0 Å². The van der Waals surface area contributed by atoms with Crippen LogP contribution in [0.25, 0.3) is 16.5 Å². The van der Waals surface area contributed by atoms with Crippen LogP contribution in [-0.2, 0) is 0 Å². The molecule has 1 aliphatic rings. The lowest BCUT2D eigenvalue weighted by Gasteiger charge is -2.25. The topological polar surface area (TPSA) is 111 Å². The van der Waals surface area contributed by atoms with Gasteiger partial charge in [0.2, 0.25) is 5.88 Å².